The molecule has 0 aliphatic heterocycles. The zero-order valence-corrected chi connectivity index (χ0v) is 11.7. The summed E-state index contributed by atoms with van der Waals surface area (Å²) >= 11 is 0. The van der Waals surface area contributed by atoms with Gasteiger partial charge in [0.15, 0.2) is 0 Å². The Kier molecular flexibility index (Phi) is 2.73. The molecule has 3 aromatic carbocycles. The third-order valence-corrected chi connectivity index (χ3v) is 3.89. The van der Waals surface area contributed by atoms with Gasteiger partial charge in [0.25, 0.3) is 0 Å². The number of hydrogen-bond donors (Lipinski definition) is 1. The monoisotopic (exact) mass is 287 g/mol. The SMILES string of the molecule is O=c1c2ccccc2n(-c2ccccc2)c2cccc(O)c12. The summed E-state index contributed by atoms with van der Waals surface area (Å²) < 4.78 is 2.01. The highest BCUT2D eigenvalue weighted by Gasteiger charge is 2.14. The Balaban J connectivity index is 2.33. The van der Waals surface area contributed by atoms with Crippen LogP contribution in [-0.4, -0.2) is 9.67 Å². The van der Waals surface area contributed by atoms with Crippen molar-refractivity contribution in [2.24, 2.45) is 0 Å². The number of para-hydroxylation sites is 2. The van der Waals surface area contributed by atoms with Gasteiger partial charge in [0.05, 0.1) is 16.4 Å². The minimum Gasteiger partial charge on any atom is -0.507 e. The molecule has 4 aromatic rings. The van der Waals surface area contributed by atoms with Crippen molar-refractivity contribution < 1.29 is 5.11 Å². The fourth-order valence-electron chi connectivity index (χ4n) is 2.93. The third-order valence-electron chi connectivity index (χ3n) is 3.89. The summed E-state index contributed by atoms with van der Waals surface area (Å²) in [5, 5.41) is 11.1. The summed E-state index contributed by atoms with van der Waals surface area (Å²) in [5.74, 6) is 0.0120. The molecule has 0 atom stereocenters. The molecule has 106 valence electrons. The molecule has 0 aliphatic carbocycles. The summed E-state index contributed by atoms with van der Waals surface area (Å²) in [7, 11) is 0. The predicted octanol–water partition coefficient (Wildman–Crippen LogP) is 3.85. The highest BCUT2D eigenvalue weighted by Crippen LogP contribution is 2.28. The molecular weight excluding hydrogens is 274 g/mol. The van der Waals surface area contributed by atoms with Crippen LogP contribution in [0.25, 0.3) is 27.5 Å². The van der Waals surface area contributed by atoms with Crippen LogP contribution in [0.4, 0.5) is 0 Å². The summed E-state index contributed by atoms with van der Waals surface area (Å²) in [6.45, 7) is 0. The van der Waals surface area contributed by atoms with Gasteiger partial charge in [-0.15, -0.1) is 0 Å². The van der Waals surface area contributed by atoms with E-state index in [1.165, 1.54) is 0 Å². The summed E-state index contributed by atoms with van der Waals surface area (Å²) in [4.78, 5) is 12.7. The van der Waals surface area contributed by atoms with Crippen LogP contribution in [0.3, 0.4) is 0 Å². The van der Waals surface area contributed by atoms with Gasteiger partial charge in [-0.3, -0.25) is 4.79 Å². The molecule has 0 saturated carbocycles. The number of rotatable bonds is 1. The molecule has 0 aliphatic rings. The molecule has 0 fully saturated rings. The molecule has 4 rings (SSSR count). The van der Waals surface area contributed by atoms with E-state index in [0.29, 0.717) is 16.3 Å². The van der Waals surface area contributed by atoms with E-state index in [0.717, 1.165) is 11.2 Å². The Hall–Kier alpha value is -3.07. The molecule has 3 nitrogen and oxygen atoms in total. The van der Waals surface area contributed by atoms with Crippen LogP contribution >= 0.6 is 0 Å². The Bertz CT molecular complexity index is 1050. The minimum atomic E-state index is -0.143. The summed E-state index contributed by atoms with van der Waals surface area (Å²) in [5.41, 5.74) is 2.34. The molecule has 22 heavy (non-hydrogen) atoms. The van der Waals surface area contributed by atoms with E-state index in [4.69, 9.17) is 0 Å². The van der Waals surface area contributed by atoms with Crippen molar-refractivity contribution >= 4 is 21.8 Å². The van der Waals surface area contributed by atoms with Gasteiger partial charge in [-0.25, -0.2) is 0 Å². The molecule has 0 amide bonds. The number of aromatic nitrogens is 1. The lowest BCUT2D eigenvalue weighted by Gasteiger charge is -2.15. The molecule has 1 heterocycles. The van der Waals surface area contributed by atoms with Crippen LogP contribution in [0, 0.1) is 0 Å². The van der Waals surface area contributed by atoms with E-state index in [1.54, 1.807) is 18.2 Å². The molecular formula is C19H13NO2. The number of hydrogen-bond acceptors (Lipinski definition) is 2. The first-order chi connectivity index (χ1) is 10.8. The zero-order valence-electron chi connectivity index (χ0n) is 11.7. The molecule has 0 unspecified atom stereocenters. The van der Waals surface area contributed by atoms with Crippen LogP contribution in [-0.2, 0) is 0 Å². The van der Waals surface area contributed by atoms with Gasteiger partial charge in [-0.05, 0) is 36.4 Å². The molecule has 0 bridgehead atoms. The second-order valence-electron chi connectivity index (χ2n) is 5.19. The fraction of sp³-hybridized carbons (Fsp3) is 0. The number of nitrogens with zero attached hydrogens (tertiary/aromatic N) is 1. The van der Waals surface area contributed by atoms with Crippen LogP contribution in [0.2, 0.25) is 0 Å². The van der Waals surface area contributed by atoms with E-state index in [2.05, 4.69) is 0 Å². The lowest BCUT2D eigenvalue weighted by Crippen LogP contribution is -2.10. The molecule has 0 radical (unpaired) electrons. The topological polar surface area (TPSA) is 42.2 Å². The van der Waals surface area contributed by atoms with Gasteiger partial charge in [0.1, 0.15) is 5.75 Å². The first kappa shape index (κ1) is 12.7. The van der Waals surface area contributed by atoms with E-state index in [-0.39, 0.29) is 11.2 Å². The number of aromatic hydroxyl groups is 1. The molecule has 3 heteroatoms. The summed E-state index contributed by atoms with van der Waals surface area (Å²) in [6.07, 6.45) is 0. The van der Waals surface area contributed by atoms with Gasteiger partial charge in [-0.2, -0.15) is 0 Å². The highest BCUT2D eigenvalue weighted by molar-refractivity contribution is 5.97. The number of phenolic OH excluding ortho intramolecular Hbond substituents is 1. The Labute approximate surface area is 126 Å². The Morgan fingerprint density at radius 3 is 2.23 bits per heavy atom. The van der Waals surface area contributed by atoms with Gasteiger partial charge in [0, 0.05) is 11.1 Å². The average molecular weight is 287 g/mol. The van der Waals surface area contributed by atoms with Gasteiger partial charge in [0.2, 0.25) is 5.43 Å². The van der Waals surface area contributed by atoms with Crippen molar-refractivity contribution in [3.8, 4) is 11.4 Å². The van der Waals surface area contributed by atoms with Crippen molar-refractivity contribution in [3.05, 3.63) is 83.0 Å². The number of benzene rings is 3. The molecule has 1 aromatic heterocycles. The smallest absolute Gasteiger partial charge is 0.200 e. The van der Waals surface area contributed by atoms with Gasteiger partial charge >= 0.3 is 0 Å². The minimum absolute atomic E-state index is 0.0120. The van der Waals surface area contributed by atoms with Crippen molar-refractivity contribution in [2.75, 3.05) is 0 Å². The quantitative estimate of drug-likeness (QED) is 0.540. The first-order valence-corrected chi connectivity index (χ1v) is 7.08. The second-order valence-corrected chi connectivity index (χ2v) is 5.19. The highest BCUT2D eigenvalue weighted by atomic mass is 16.3. The van der Waals surface area contributed by atoms with Crippen molar-refractivity contribution in [2.45, 2.75) is 0 Å². The molecule has 0 spiro atoms. The van der Waals surface area contributed by atoms with Crippen molar-refractivity contribution in [1.82, 2.24) is 4.57 Å². The molecule has 0 saturated heterocycles. The maximum Gasteiger partial charge on any atom is 0.200 e. The normalized spacial score (nSPS) is 11.1. The first-order valence-electron chi connectivity index (χ1n) is 7.08. The van der Waals surface area contributed by atoms with Crippen LogP contribution in [0.15, 0.2) is 77.6 Å². The van der Waals surface area contributed by atoms with E-state index >= 15 is 0 Å². The predicted molar refractivity (Wildman–Crippen MR) is 88.7 cm³/mol. The Morgan fingerprint density at radius 2 is 1.41 bits per heavy atom. The largest absolute Gasteiger partial charge is 0.507 e. The molecule has 1 N–H and O–H groups in total. The number of fused-ring (bicyclic) bond motifs is 2. The van der Waals surface area contributed by atoms with E-state index < -0.39 is 0 Å². The lowest BCUT2D eigenvalue weighted by atomic mass is 10.1. The Morgan fingerprint density at radius 1 is 0.727 bits per heavy atom. The van der Waals surface area contributed by atoms with Crippen LogP contribution < -0.4 is 5.43 Å². The van der Waals surface area contributed by atoms with E-state index in [9.17, 15) is 9.90 Å². The lowest BCUT2D eigenvalue weighted by molar-refractivity contribution is 0.481. The standard InChI is InChI=1S/C19H13NO2/c21-17-12-6-11-16-18(17)19(22)14-9-4-5-10-15(14)20(16)13-7-2-1-3-8-13/h1-12,21H. The zero-order chi connectivity index (χ0) is 15.1. The second kappa shape index (κ2) is 4.74. The van der Waals surface area contributed by atoms with E-state index in [1.807, 2.05) is 59.2 Å². The van der Waals surface area contributed by atoms with Crippen LogP contribution in [0.1, 0.15) is 0 Å². The van der Waals surface area contributed by atoms with Crippen molar-refractivity contribution in [3.63, 3.8) is 0 Å². The number of pyridine rings is 1. The maximum atomic E-state index is 12.7. The fourth-order valence-corrected chi connectivity index (χ4v) is 2.93. The van der Waals surface area contributed by atoms with Gasteiger partial charge < -0.3 is 9.67 Å². The van der Waals surface area contributed by atoms with Crippen molar-refractivity contribution in [1.29, 1.82) is 0 Å². The summed E-state index contributed by atoms with van der Waals surface area (Å²) in [6, 6.07) is 22.5. The van der Waals surface area contributed by atoms with Gasteiger partial charge in [-0.1, -0.05) is 36.4 Å². The third kappa shape index (κ3) is 1.72. The number of phenols is 1. The van der Waals surface area contributed by atoms with Crippen LogP contribution in [0.5, 0.6) is 5.75 Å². The average Bonchev–Trinajstić information content (AvgIpc) is 2.56. The maximum absolute atomic E-state index is 12.7.